The molecule has 1 nitrogen and oxygen atoms in total. The van der Waals surface area contributed by atoms with Crippen molar-refractivity contribution in [2.75, 3.05) is 5.75 Å². The van der Waals surface area contributed by atoms with Crippen LogP contribution < -0.4 is 0 Å². The van der Waals surface area contributed by atoms with Crippen LogP contribution in [0.5, 0.6) is 0 Å². The van der Waals surface area contributed by atoms with E-state index in [1.54, 1.807) is 6.92 Å². The number of rotatable bonds is 5. The molecule has 90 valence electrons. The maximum Gasteiger partial charge on any atom is 0.185 e. The van der Waals surface area contributed by atoms with Crippen molar-refractivity contribution in [3.63, 3.8) is 0 Å². The molecule has 0 unspecified atom stereocenters. The van der Waals surface area contributed by atoms with Crippen LogP contribution in [-0.4, -0.2) is 10.9 Å². The Morgan fingerprint density at radius 1 is 1.29 bits per heavy atom. The summed E-state index contributed by atoms with van der Waals surface area (Å²) in [6.07, 6.45) is 5.11. The molecule has 0 amide bonds. The van der Waals surface area contributed by atoms with E-state index in [2.05, 4.69) is 43.0 Å². The molecule has 0 atom stereocenters. The lowest BCUT2D eigenvalue weighted by Crippen LogP contribution is -1.83. The monoisotopic (exact) mass is 246 g/mol. The number of hydrogen-bond acceptors (Lipinski definition) is 2. The lowest BCUT2D eigenvalue weighted by molar-refractivity contribution is -0.109. The summed E-state index contributed by atoms with van der Waals surface area (Å²) < 4.78 is 0. The van der Waals surface area contributed by atoms with Gasteiger partial charge in [-0.3, -0.25) is 4.79 Å². The first-order chi connectivity index (χ1) is 8.09. The average Bonchev–Trinajstić information content (AvgIpc) is 2.29. The minimum atomic E-state index is 0.184. The Bertz CT molecular complexity index is 415. The molecule has 0 aromatic heterocycles. The van der Waals surface area contributed by atoms with E-state index < -0.39 is 0 Å². The zero-order valence-corrected chi connectivity index (χ0v) is 11.2. The molecule has 1 aromatic rings. The molecule has 0 aliphatic heterocycles. The molecular weight excluding hydrogens is 228 g/mol. The number of hydrogen-bond donors (Lipinski definition) is 0. The Morgan fingerprint density at radius 3 is 2.47 bits per heavy atom. The second-order valence-corrected chi connectivity index (χ2v) is 5.21. The number of carbonyl (C=O) groups excluding carboxylic acids is 1. The van der Waals surface area contributed by atoms with Gasteiger partial charge in [0.05, 0.1) is 0 Å². The van der Waals surface area contributed by atoms with Crippen LogP contribution in [0.2, 0.25) is 0 Å². The van der Waals surface area contributed by atoms with Crippen LogP contribution in [0.3, 0.4) is 0 Å². The van der Waals surface area contributed by atoms with Crippen molar-refractivity contribution in [2.24, 2.45) is 0 Å². The normalized spacial score (nSPS) is 10.7. The van der Waals surface area contributed by atoms with Crippen LogP contribution in [0.25, 0.3) is 11.6 Å². The van der Waals surface area contributed by atoms with Gasteiger partial charge >= 0.3 is 0 Å². The van der Waals surface area contributed by atoms with E-state index in [9.17, 15) is 4.79 Å². The Labute approximate surface area is 108 Å². The summed E-state index contributed by atoms with van der Waals surface area (Å²) in [6.45, 7) is 7.51. The largest absolute Gasteiger partial charge is 0.288 e. The molecule has 0 spiro atoms. The molecule has 0 aliphatic carbocycles. The summed E-state index contributed by atoms with van der Waals surface area (Å²) in [4.78, 5) is 10.7. The molecule has 0 aliphatic rings. The molecule has 0 radical (unpaired) electrons. The van der Waals surface area contributed by atoms with Gasteiger partial charge in [-0.25, -0.2) is 0 Å². The van der Waals surface area contributed by atoms with Gasteiger partial charge in [-0.2, -0.15) is 0 Å². The van der Waals surface area contributed by atoms with Crippen molar-refractivity contribution in [3.8, 4) is 0 Å². The standard InChI is InChI=1S/C15H18OS/c1-12(2)15-9-7-14(8-10-15)6-4-5-11-17-13(3)16/h4,6-10H,1,5,11H2,2-3H3. The fraction of sp³-hybridized carbons (Fsp3) is 0.267. The van der Waals surface area contributed by atoms with Crippen LogP contribution in [0, 0.1) is 0 Å². The molecule has 0 saturated carbocycles. The fourth-order valence-corrected chi connectivity index (χ4v) is 1.91. The topological polar surface area (TPSA) is 17.1 Å². The molecule has 0 saturated heterocycles. The second kappa shape index (κ2) is 7.13. The highest BCUT2D eigenvalue weighted by atomic mass is 32.2. The third-order valence-corrected chi connectivity index (χ3v) is 3.15. The third-order valence-electron chi connectivity index (χ3n) is 2.30. The summed E-state index contributed by atoms with van der Waals surface area (Å²) in [5.41, 5.74) is 3.44. The van der Waals surface area contributed by atoms with Crippen LogP contribution >= 0.6 is 11.8 Å². The van der Waals surface area contributed by atoms with Crippen LogP contribution in [0.1, 0.15) is 31.4 Å². The Balaban J connectivity index is 2.43. The molecule has 0 bridgehead atoms. The van der Waals surface area contributed by atoms with Gasteiger partial charge in [0.25, 0.3) is 0 Å². The highest BCUT2D eigenvalue weighted by molar-refractivity contribution is 8.13. The summed E-state index contributed by atoms with van der Waals surface area (Å²) in [7, 11) is 0. The fourth-order valence-electron chi connectivity index (χ4n) is 1.37. The first-order valence-corrected chi connectivity index (χ1v) is 6.64. The van der Waals surface area contributed by atoms with E-state index in [-0.39, 0.29) is 5.12 Å². The van der Waals surface area contributed by atoms with Crippen molar-refractivity contribution >= 4 is 28.5 Å². The minimum Gasteiger partial charge on any atom is -0.288 e. The lowest BCUT2D eigenvalue weighted by Gasteiger charge is -1.99. The molecule has 1 aromatic carbocycles. The van der Waals surface area contributed by atoms with Gasteiger partial charge in [-0.1, -0.05) is 60.3 Å². The highest BCUT2D eigenvalue weighted by Gasteiger charge is 1.93. The predicted molar refractivity (Wildman–Crippen MR) is 77.9 cm³/mol. The number of carbonyl (C=O) groups is 1. The van der Waals surface area contributed by atoms with Gasteiger partial charge in [-0.05, 0) is 24.5 Å². The summed E-state index contributed by atoms with van der Waals surface area (Å²) in [5, 5.41) is 0.184. The van der Waals surface area contributed by atoms with E-state index in [1.165, 1.54) is 22.9 Å². The maximum absolute atomic E-state index is 10.7. The molecule has 2 heteroatoms. The van der Waals surface area contributed by atoms with Crippen LogP contribution in [0.4, 0.5) is 0 Å². The highest BCUT2D eigenvalue weighted by Crippen LogP contribution is 2.13. The van der Waals surface area contributed by atoms with E-state index in [1.807, 2.05) is 6.92 Å². The van der Waals surface area contributed by atoms with Crippen molar-refractivity contribution in [3.05, 3.63) is 48.0 Å². The summed E-state index contributed by atoms with van der Waals surface area (Å²) >= 11 is 1.37. The van der Waals surface area contributed by atoms with E-state index >= 15 is 0 Å². The molecule has 17 heavy (non-hydrogen) atoms. The minimum absolute atomic E-state index is 0.184. The third kappa shape index (κ3) is 5.55. The lowest BCUT2D eigenvalue weighted by atomic mass is 10.1. The van der Waals surface area contributed by atoms with Gasteiger partial charge in [0, 0.05) is 12.7 Å². The van der Waals surface area contributed by atoms with E-state index in [0.717, 1.165) is 17.7 Å². The molecule has 0 N–H and O–H groups in total. The van der Waals surface area contributed by atoms with Crippen LogP contribution in [-0.2, 0) is 4.79 Å². The van der Waals surface area contributed by atoms with Gasteiger partial charge in [-0.15, -0.1) is 0 Å². The molecule has 0 heterocycles. The zero-order chi connectivity index (χ0) is 12.7. The van der Waals surface area contributed by atoms with Gasteiger partial charge in [0.2, 0.25) is 0 Å². The Kier molecular flexibility index (Phi) is 5.78. The molecule has 0 fully saturated rings. The second-order valence-electron chi connectivity index (χ2n) is 3.93. The number of allylic oxidation sites excluding steroid dienone is 2. The van der Waals surface area contributed by atoms with Gasteiger partial charge in [0.15, 0.2) is 5.12 Å². The SMILES string of the molecule is C=C(C)c1ccc(C=CCCSC(C)=O)cc1. The van der Waals surface area contributed by atoms with Crippen molar-refractivity contribution in [1.29, 1.82) is 0 Å². The summed E-state index contributed by atoms with van der Waals surface area (Å²) in [5.74, 6) is 0.857. The average molecular weight is 246 g/mol. The molecular formula is C15H18OS. The Morgan fingerprint density at radius 2 is 1.94 bits per heavy atom. The van der Waals surface area contributed by atoms with E-state index in [4.69, 9.17) is 0 Å². The van der Waals surface area contributed by atoms with Gasteiger partial charge < -0.3 is 0 Å². The first-order valence-electron chi connectivity index (χ1n) is 5.65. The van der Waals surface area contributed by atoms with Gasteiger partial charge in [0.1, 0.15) is 0 Å². The zero-order valence-electron chi connectivity index (χ0n) is 10.4. The number of benzene rings is 1. The smallest absolute Gasteiger partial charge is 0.185 e. The summed E-state index contributed by atoms with van der Waals surface area (Å²) in [6, 6.07) is 8.32. The maximum atomic E-state index is 10.7. The number of thioether (sulfide) groups is 1. The Hall–Kier alpha value is -1.28. The van der Waals surface area contributed by atoms with Crippen molar-refractivity contribution < 1.29 is 4.79 Å². The van der Waals surface area contributed by atoms with E-state index in [0.29, 0.717) is 0 Å². The first kappa shape index (κ1) is 13.8. The van der Waals surface area contributed by atoms with Crippen molar-refractivity contribution in [1.82, 2.24) is 0 Å². The van der Waals surface area contributed by atoms with Crippen molar-refractivity contribution in [2.45, 2.75) is 20.3 Å². The molecule has 1 rings (SSSR count). The quantitative estimate of drug-likeness (QED) is 0.716. The van der Waals surface area contributed by atoms with Crippen LogP contribution in [0.15, 0.2) is 36.9 Å². The predicted octanol–water partition coefficient (Wildman–Crippen LogP) is 4.40.